The first-order chi connectivity index (χ1) is 10.5. The Labute approximate surface area is 139 Å². The van der Waals surface area contributed by atoms with Gasteiger partial charge < -0.3 is 14.5 Å². The molecule has 0 spiro atoms. The van der Waals surface area contributed by atoms with Crippen LogP contribution in [-0.4, -0.2) is 59.2 Å². The Kier molecular flexibility index (Phi) is 5.91. The molecule has 1 aliphatic rings. The molecule has 120 valence electrons. The van der Waals surface area contributed by atoms with Crippen LogP contribution in [0.1, 0.15) is 17.3 Å². The SMILES string of the molecule is CCOc1ccc(C(=O)N2CCN(C(=O)C(Cl)Cl)CC2)cc1. The van der Waals surface area contributed by atoms with Gasteiger partial charge >= 0.3 is 0 Å². The molecule has 0 saturated carbocycles. The molecular weight excluding hydrogens is 327 g/mol. The minimum Gasteiger partial charge on any atom is -0.494 e. The van der Waals surface area contributed by atoms with Crippen molar-refractivity contribution in [2.24, 2.45) is 0 Å². The summed E-state index contributed by atoms with van der Waals surface area (Å²) in [5.74, 6) is 0.379. The van der Waals surface area contributed by atoms with E-state index in [1.807, 2.05) is 6.92 Å². The summed E-state index contributed by atoms with van der Waals surface area (Å²) in [5, 5.41) is 0. The van der Waals surface area contributed by atoms with E-state index in [9.17, 15) is 9.59 Å². The molecule has 0 atom stereocenters. The van der Waals surface area contributed by atoms with Crippen LogP contribution in [0.3, 0.4) is 0 Å². The van der Waals surface area contributed by atoms with Crippen molar-refractivity contribution in [2.45, 2.75) is 11.8 Å². The second-order valence-corrected chi connectivity index (χ2v) is 5.97. The van der Waals surface area contributed by atoms with E-state index in [0.29, 0.717) is 38.3 Å². The number of hydrogen-bond donors (Lipinski definition) is 0. The van der Waals surface area contributed by atoms with E-state index in [4.69, 9.17) is 27.9 Å². The molecule has 2 rings (SSSR count). The van der Waals surface area contributed by atoms with Crippen molar-refractivity contribution in [2.75, 3.05) is 32.8 Å². The number of carbonyl (C=O) groups excluding carboxylic acids is 2. The van der Waals surface area contributed by atoms with E-state index in [1.54, 1.807) is 34.1 Å². The predicted molar refractivity (Wildman–Crippen MR) is 85.6 cm³/mol. The molecule has 0 aliphatic carbocycles. The highest BCUT2D eigenvalue weighted by molar-refractivity contribution is 6.53. The Morgan fingerprint density at radius 3 is 2.14 bits per heavy atom. The molecular formula is C15H18Cl2N2O3. The van der Waals surface area contributed by atoms with Crippen LogP contribution in [-0.2, 0) is 4.79 Å². The van der Waals surface area contributed by atoms with Crippen LogP contribution in [0.4, 0.5) is 0 Å². The zero-order valence-corrected chi connectivity index (χ0v) is 13.8. The first-order valence-electron chi connectivity index (χ1n) is 7.12. The molecule has 0 aromatic heterocycles. The second kappa shape index (κ2) is 7.70. The number of hydrogen-bond acceptors (Lipinski definition) is 3. The van der Waals surface area contributed by atoms with E-state index < -0.39 is 4.84 Å². The van der Waals surface area contributed by atoms with E-state index >= 15 is 0 Å². The lowest BCUT2D eigenvalue weighted by Crippen LogP contribution is -2.51. The van der Waals surface area contributed by atoms with Gasteiger partial charge in [0.15, 0.2) is 4.84 Å². The zero-order valence-electron chi connectivity index (χ0n) is 12.3. The summed E-state index contributed by atoms with van der Waals surface area (Å²) < 4.78 is 5.35. The van der Waals surface area contributed by atoms with Crippen molar-refractivity contribution in [3.63, 3.8) is 0 Å². The number of halogens is 2. The largest absolute Gasteiger partial charge is 0.494 e. The van der Waals surface area contributed by atoms with Crippen LogP contribution in [0.25, 0.3) is 0 Å². The average molecular weight is 345 g/mol. The molecule has 7 heteroatoms. The summed E-state index contributed by atoms with van der Waals surface area (Å²) in [7, 11) is 0. The molecule has 1 heterocycles. The van der Waals surface area contributed by atoms with E-state index in [-0.39, 0.29) is 11.8 Å². The maximum Gasteiger partial charge on any atom is 0.255 e. The molecule has 0 unspecified atom stereocenters. The van der Waals surface area contributed by atoms with E-state index in [2.05, 4.69) is 0 Å². The summed E-state index contributed by atoms with van der Waals surface area (Å²) >= 11 is 11.2. The number of rotatable bonds is 4. The van der Waals surface area contributed by atoms with Gasteiger partial charge in [-0.15, -0.1) is 0 Å². The monoisotopic (exact) mass is 344 g/mol. The normalized spacial score (nSPS) is 15.1. The lowest BCUT2D eigenvalue weighted by molar-refractivity contribution is -0.130. The molecule has 22 heavy (non-hydrogen) atoms. The predicted octanol–water partition coefficient (Wildman–Crippen LogP) is 2.17. The molecule has 1 aliphatic heterocycles. The number of alkyl halides is 2. The van der Waals surface area contributed by atoms with Gasteiger partial charge in [-0.05, 0) is 31.2 Å². The van der Waals surface area contributed by atoms with Crippen LogP contribution >= 0.6 is 23.2 Å². The molecule has 0 radical (unpaired) electrons. The van der Waals surface area contributed by atoms with Crippen molar-refractivity contribution < 1.29 is 14.3 Å². The van der Waals surface area contributed by atoms with Gasteiger partial charge in [-0.1, -0.05) is 23.2 Å². The first-order valence-corrected chi connectivity index (χ1v) is 7.99. The topological polar surface area (TPSA) is 49.9 Å². The summed E-state index contributed by atoms with van der Waals surface area (Å²) in [6.45, 7) is 4.32. The van der Waals surface area contributed by atoms with Crippen molar-refractivity contribution >= 4 is 35.0 Å². The lowest BCUT2D eigenvalue weighted by Gasteiger charge is -2.35. The van der Waals surface area contributed by atoms with Crippen LogP contribution in [0.15, 0.2) is 24.3 Å². The summed E-state index contributed by atoms with van der Waals surface area (Å²) in [6, 6.07) is 7.06. The van der Waals surface area contributed by atoms with Crippen LogP contribution in [0.2, 0.25) is 0 Å². The number of ether oxygens (including phenoxy) is 1. The fraction of sp³-hybridized carbons (Fsp3) is 0.467. The molecule has 1 aromatic carbocycles. The van der Waals surface area contributed by atoms with E-state index in [1.165, 1.54) is 0 Å². The zero-order chi connectivity index (χ0) is 16.1. The fourth-order valence-electron chi connectivity index (χ4n) is 2.31. The van der Waals surface area contributed by atoms with Crippen molar-refractivity contribution in [3.8, 4) is 5.75 Å². The Morgan fingerprint density at radius 2 is 1.64 bits per heavy atom. The highest BCUT2D eigenvalue weighted by atomic mass is 35.5. The third-order valence-electron chi connectivity index (χ3n) is 3.48. The lowest BCUT2D eigenvalue weighted by atomic mass is 10.1. The fourth-order valence-corrected chi connectivity index (χ4v) is 2.59. The smallest absolute Gasteiger partial charge is 0.255 e. The Bertz CT molecular complexity index is 526. The Balaban J connectivity index is 1.93. The summed E-state index contributed by atoms with van der Waals surface area (Å²) in [5.41, 5.74) is 0.607. The number of piperazine rings is 1. The average Bonchev–Trinajstić information content (AvgIpc) is 2.54. The van der Waals surface area contributed by atoms with Gasteiger partial charge in [-0.2, -0.15) is 0 Å². The molecule has 2 amide bonds. The first kappa shape index (κ1) is 16.9. The Morgan fingerprint density at radius 1 is 1.09 bits per heavy atom. The highest BCUT2D eigenvalue weighted by Crippen LogP contribution is 2.16. The summed E-state index contributed by atoms with van der Waals surface area (Å²) in [4.78, 5) is 26.3. The molecule has 1 fully saturated rings. The quantitative estimate of drug-likeness (QED) is 0.786. The van der Waals surface area contributed by atoms with Crippen LogP contribution in [0, 0.1) is 0 Å². The van der Waals surface area contributed by atoms with Gasteiger partial charge in [0.25, 0.3) is 11.8 Å². The van der Waals surface area contributed by atoms with Crippen LogP contribution < -0.4 is 4.74 Å². The number of amides is 2. The number of nitrogens with zero attached hydrogens (tertiary/aromatic N) is 2. The van der Waals surface area contributed by atoms with E-state index in [0.717, 1.165) is 5.75 Å². The maximum absolute atomic E-state index is 12.4. The summed E-state index contributed by atoms with van der Waals surface area (Å²) in [6.07, 6.45) is 0. The third-order valence-corrected chi connectivity index (χ3v) is 3.85. The number of benzene rings is 1. The molecule has 1 saturated heterocycles. The minimum absolute atomic E-state index is 0.0524. The molecule has 0 N–H and O–H groups in total. The van der Waals surface area contributed by atoms with Crippen molar-refractivity contribution in [1.82, 2.24) is 9.80 Å². The third kappa shape index (κ3) is 4.05. The Hall–Kier alpha value is -1.46. The highest BCUT2D eigenvalue weighted by Gasteiger charge is 2.27. The second-order valence-electron chi connectivity index (χ2n) is 4.88. The van der Waals surface area contributed by atoms with Gasteiger partial charge in [0.05, 0.1) is 6.61 Å². The number of carbonyl (C=O) groups is 2. The maximum atomic E-state index is 12.4. The van der Waals surface area contributed by atoms with Gasteiger partial charge in [-0.25, -0.2) is 0 Å². The molecule has 0 bridgehead atoms. The van der Waals surface area contributed by atoms with Crippen LogP contribution in [0.5, 0.6) is 5.75 Å². The minimum atomic E-state index is -1.05. The van der Waals surface area contributed by atoms with Crippen molar-refractivity contribution in [1.29, 1.82) is 0 Å². The van der Waals surface area contributed by atoms with Gasteiger partial charge in [0, 0.05) is 31.7 Å². The molecule has 1 aromatic rings. The molecule has 5 nitrogen and oxygen atoms in total. The van der Waals surface area contributed by atoms with Gasteiger partial charge in [0.2, 0.25) is 0 Å². The standard InChI is InChI=1S/C15H18Cl2N2O3/c1-2-22-12-5-3-11(4-6-12)14(20)18-7-9-19(10-8-18)15(21)13(16)17/h3-6,13H,2,7-10H2,1H3. The van der Waals surface area contributed by atoms with Gasteiger partial charge in [0.1, 0.15) is 5.75 Å². The van der Waals surface area contributed by atoms with Crippen molar-refractivity contribution in [3.05, 3.63) is 29.8 Å². The van der Waals surface area contributed by atoms with Gasteiger partial charge in [-0.3, -0.25) is 9.59 Å².